The summed E-state index contributed by atoms with van der Waals surface area (Å²) in [5.74, 6) is 0.901. The van der Waals surface area contributed by atoms with Crippen LogP contribution in [0, 0.1) is 20.8 Å². The second kappa shape index (κ2) is 7.82. The average molecular weight is 420 g/mol. The maximum atomic E-state index is 13.0. The Morgan fingerprint density at radius 2 is 2.00 bits per heavy atom. The number of hydrogen-bond acceptors (Lipinski definition) is 6. The van der Waals surface area contributed by atoms with E-state index in [0.29, 0.717) is 34.3 Å². The molecule has 0 saturated carbocycles. The molecule has 1 amide bonds. The van der Waals surface area contributed by atoms with Gasteiger partial charge in [0.15, 0.2) is 11.5 Å². The SMILES string of the molecule is Cc1cccc(-c2nc(C(C)C)no2)c1NC(=O)Cc1c(C)nc2cc(=O)[nH]n2c1C. The number of H-pyrrole nitrogens is 1. The topological polar surface area (TPSA) is 118 Å². The van der Waals surface area contributed by atoms with Crippen molar-refractivity contribution in [2.45, 2.75) is 47.0 Å². The summed E-state index contributed by atoms with van der Waals surface area (Å²) >= 11 is 0. The summed E-state index contributed by atoms with van der Waals surface area (Å²) < 4.78 is 7.04. The number of aromatic nitrogens is 5. The first-order valence-corrected chi connectivity index (χ1v) is 10.1. The molecular formula is C22H24N6O3. The van der Waals surface area contributed by atoms with Crippen LogP contribution in [0.5, 0.6) is 0 Å². The van der Waals surface area contributed by atoms with E-state index < -0.39 is 0 Å². The van der Waals surface area contributed by atoms with Gasteiger partial charge < -0.3 is 9.84 Å². The molecular weight excluding hydrogens is 396 g/mol. The molecule has 0 aliphatic carbocycles. The number of carbonyl (C=O) groups excluding carboxylic acids is 1. The van der Waals surface area contributed by atoms with Gasteiger partial charge in [-0.3, -0.25) is 14.7 Å². The van der Waals surface area contributed by atoms with Gasteiger partial charge >= 0.3 is 0 Å². The van der Waals surface area contributed by atoms with Crippen molar-refractivity contribution in [1.29, 1.82) is 0 Å². The molecule has 0 unspecified atom stereocenters. The Kier molecular flexibility index (Phi) is 5.18. The van der Waals surface area contributed by atoms with Crippen LogP contribution in [0.1, 0.15) is 48.1 Å². The first-order valence-electron chi connectivity index (χ1n) is 10.1. The van der Waals surface area contributed by atoms with Crippen LogP contribution >= 0.6 is 0 Å². The van der Waals surface area contributed by atoms with Crippen molar-refractivity contribution in [3.8, 4) is 11.5 Å². The Labute approximate surface area is 178 Å². The van der Waals surface area contributed by atoms with Gasteiger partial charge in [-0.15, -0.1) is 0 Å². The Morgan fingerprint density at radius 3 is 2.71 bits per heavy atom. The first kappa shape index (κ1) is 20.5. The van der Waals surface area contributed by atoms with Gasteiger partial charge in [-0.1, -0.05) is 31.1 Å². The third-order valence-electron chi connectivity index (χ3n) is 5.27. The zero-order valence-corrected chi connectivity index (χ0v) is 18.1. The molecule has 0 fully saturated rings. The van der Waals surface area contributed by atoms with E-state index in [0.717, 1.165) is 16.8 Å². The van der Waals surface area contributed by atoms with Crippen molar-refractivity contribution < 1.29 is 9.32 Å². The smallest absolute Gasteiger partial charge is 0.266 e. The standard InChI is InChI=1S/C22H24N6O3/c1-11(2)21-25-22(31-27-21)15-8-6-7-12(3)20(15)24-18(29)9-16-13(4)23-17-10-19(30)26-28(17)14(16)5/h6-8,10-11H,9H2,1-5H3,(H,24,29)(H,26,30). The number of nitrogens with one attached hydrogen (secondary N) is 2. The molecule has 0 aliphatic heterocycles. The van der Waals surface area contributed by atoms with Crippen LogP contribution in [0.15, 0.2) is 33.6 Å². The largest absolute Gasteiger partial charge is 0.334 e. The number of benzene rings is 1. The molecule has 4 aromatic rings. The summed E-state index contributed by atoms with van der Waals surface area (Å²) in [6.07, 6.45) is 0.107. The number of rotatable bonds is 5. The summed E-state index contributed by atoms with van der Waals surface area (Å²) in [7, 11) is 0. The number of aromatic amines is 1. The van der Waals surface area contributed by atoms with Crippen molar-refractivity contribution in [1.82, 2.24) is 24.7 Å². The molecule has 0 saturated heterocycles. The molecule has 4 rings (SSSR count). The van der Waals surface area contributed by atoms with Crippen LogP contribution < -0.4 is 10.9 Å². The minimum absolute atomic E-state index is 0.107. The molecule has 0 bridgehead atoms. The van der Waals surface area contributed by atoms with E-state index in [4.69, 9.17) is 4.52 Å². The monoisotopic (exact) mass is 420 g/mol. The van der Waals surface area contributed by atoms with Gasteiger partial charge in [0.05, 0.1) is 17.7 Å². The quantitative estimate of drug-likeness (QED) is 0.511. The van der Waals surface area contributed by atoms with Crippen LogP contribution in [-0.2, 0) is 11.2 Å². The molecule has 3 heterocycles. The molecule has 3 aromatic heterocycles. The van der Waals surface area contributed by atoms with Crippen LogP contribution in [0.2, 0.25) is 0 Å². The van der Waals surface area contributed by atoms with E-state index in [1.165, 1.54) is 6.07 Å². The van der Waals surface area contributed by atoms with Gasteiger partial charge in [0, 0.05) is 28.9 Å². The van der Waals surface area contributed by atoms with Crippen LogP contribution in [0.3, 0.4) is 0 Å². The number of hydrogen-bond donors (Lipinski definition) is 2. The lowest BCUT2D eigenvalue weighted by molar-refractivity contribution is -0.115. The number of amides is 1. The molecule has 31 heavy (non-hydrogen) atoms. The number of fused-ring (bicyclic) bond motifs is 1. The Bertz CT molecular complexity index is 1350. The second-order valence-electron chi connectivity index (χ2n) is 7.91. The third kappa shape index (κ3) is 3.86. The highest BCUT2D eigenvalue weighted by molar-refractivity contribution is 5.97. The molecule has 0 atom stereocenters. The number of aryl methyl sites for hydroxylation is 3. The minimum Gasteiger partial charge on any atom is -0.334 e. The predicted octanol–water partition coefficient (Wildman–Crippen LogP) is 3.30. The summed E-state index contributed by atoms with van der Waals surface area (Å²) in [4.78, 5) is 33.6. The van der Waals surface area contributed by atoms with Gasteiger partial charge in [-0.05, 0) is 32.4 Å². The summed E-state index contributed by atoms with van der Waals surface area (Å²) in [6.45, 7) is 9.57. The lowest BCUT2D eigenvalue weighted by atomic mass is 10.1. The van der Waals surface area contributed by atoms with Crippen molar-refractivity contribution >= 4 is 17.2 Å². The predicted molar refractivity (Wildman–Crippen MR) is 116 cm³/mol. The van der Waals surface area contributed by atoms with E-state index in [1.807, 2.05) is 52.8 Å². The van der Waals surface area contributed by atoms with Gasteiger partial charge in [-0.25, -0.2) is 9.50 Å². The van der Waals surface area contributed by atoms with E-state index in [9.17, 15) is 9.59 Å². The molecule has 9 heteroatoms. The van der Waals surface area contributed by atoms with Crippen LogP contribution in [0.4, 0.5) is 5.69 Å². The lowest BCUT2D eigenvalue weighted by Crippen LogP contribution is -2.19. The summed E-state index contributed by atoms with van der Waals surface area (Å²) in [5.41, 5.74) is 4.70. The summed E-state index contributed by atoms with van der Waals surface area (Å²) in [5, 5.41) is 9.73. The first-order chi connectivity index (χ1) is 14.7. The Hall–Kier alpha value is -3.75. The average Bonchev–Trinajstić information content (AvgIpc) is 3.33. The molecule has 2 N–H and O–H groups in total. The fourth-order valence-corrected chi connectivity index (χ4v) is 3.55. The highest BCUT2D eigenvalue weighted by atomic mass is 16.5. The molecule has 0 radical (unpaired) electrons. The Balaban J connectivity index is 1.65. The highest BCUT2D eigenvalue weighted by Crippen LogP contribution is 2.31. The fraction of sp³-hybridized carbons (Fsp3) is 0.318. The molecule has 0 spiro atoms. The van der Waals surface area contributed by atoms with Crippen molar-refractivity contribution in [3.05, 3.63) is 63.0 Å². The highest BCUT2D eigenvalue weighted by Gasteiger charge is 2.19. The number of nitrogens with zero attached hydrogens (tertiary/aromatic N) is 4. The van der Waals surface area contributed by atoms with Crippen LogP contribution in [-0.4, -0.2) is 30.6 Å². The second-order valence-corrected chi connectivity index (χ2v) is 7.91. The van der Waals surface area contributed by atoms with E-state index >= 15 is 0 Å². The number of carbonyl (C=O) groups is 1. The maximum Gasteiger partial charge on any atom is 0.266 e. The van der Waals surface area contributed by atoms with Gasteiger partial charge in [0.25, 0.3) is 11.4 Å². The van der Waals surface area contributed by atoms with E-state index in [1.54, 1.807) is 4.52 Å². The number of anilines is 1. The fourth-order valence-electron chi connectivity index (χ4n) is 3.55. The van der Waals surface area contributed by atoms with Gasteiger partial charge in [-0.2, -0.15) is 4.98 Å². The van der Waals surface area contributed by atoms with E-state index in [2.05, 4.69) is 25.5 Å². The zero-order valence-electron chi connectivity index (χ0n) is 18.1. The number of para-hydroxylation sites is 1. The molecule has 0 aliphatic rings. The van der Waals surface area contributed by atoms with Crippen molar-refractivity contribution in [2.24, 2.45) is 0 Å². The maximum absolute atomic E-state index is 13.0. The van der Waals surface area contributed by atoms with Gasteiger partial charge in [0.1, 0.15) is 0 Å². The summed E-state index contributed by atoms with van der Waals surface area (Å²) in [6, 6.07) is 7.07. The minimum atomic E-state index is -0.235. The molecule has 160 valence electrons. The Morgan fingerprint density at radius 1 is 1.23 bits per heavy atom. The van der Waals surface area contributed by atoms with Crippen molar-refractivity contribution in [3.63, 3.8) is 0 Å². The third-order valence-corrected chi connectivity index (χ3v) is 5.27. The van der Waals surface area contributed by atoms with E-state index in [-0.39, 0.29) is 23.8 Å². The normalized spacial score (nSPS) is 11.4. The van der Waals surface area contributed by atoms with Gasteiger partial charge in [0.2, 0.25) is 5.91 Å². The molecule has 1 aromatic carbocycles. The van der Waals surface area contributed by atoms with Crippen LogP contribution in [0.25, 0.3) is 17.1 Å². The molecule has 9 nitrogen and oxygen atoms in total. The lowest BCUT2D eigenvalue weighted by Gasteiger charge is -2.14. The zero-order chi connectivity index (χ0) is 22.3. The van der Waals surface area contributed by atoms with Crippen molar-refractivity contribution in [2.75, 3.05) is 5.32 Å².